The molecule has 0 radical (unpaired) electrons. The number of nitrogens with zero attached hydrogens (tertiary/aromatic N) is 4. The molecule has 4 aromatic rings. The van der Waals surface area contributed by atoms with Crippen LogP contribution >= 0.6 is 0 Å². The van der Waals surface area contributed by atoms with Crippen LogP contribution in [-0.2, 0) is 6.42 Å². The number of aromatic nitrogens is 4. The van der Waals surface area contributed by atoms with Crippen molar-refractivity contribution in [1.82, 2.24) is 19.6 Å². The number of alkyl halides is 2. The molecule has 0 N–H and O–H groups in total. The van der Waals surface area contributed by atoms with Crippen LogP contribution in [0.1, 0.15) is 5.56 Å². The highest BCUT2D eigenvalue weighted by Crippen LogP contribution is 2.25. The standard InChI is InChI=1S/C21H18F2N4O3/c1-28-17-4-2-3-14(11-17)9-10-29-19-13-24-12-18-25-26-20(27(18)19)15-5-7-16(8-6-15)30-21(22)23/h2-8,11-13,21H,9-10H2,1H3. The third-order valence-electron chi connectivity index (χ3n) is 4.40. The highest BCUT2D eigenvalue weighted by atomic mass is 19.3. The number of hydrogen-bond donors (Lipinski definition) is 0. The van der Waals surface area contributed by atoms with Crippen LogP contribution < -0.4 is 14.2 Å². The predicted molar refractivity (Wildman–Crippen MR) is 105 cm³/mol. The fourth-order valence-corrected chi connectivity index (χ4v) is 3.00. The number of ether oxygens (including phenoxy) is 3. The quantitative estimate of drug-likeness (QED) is 0.435. The molecule has 0 aliphatic heterocycles. The average molecular weight is 412 g/mol. The minimum atomic E-state index is -2.87. The van der Waals surface area contributed by atoms with Crippen molar-refractivity contribution in [3.63, 3.8) is 0 Å². The van der Waals surface area contributed by atoms with Crippen molar-refractivity contribution in [2.45, 2.75) is 13.0 Å². The van der Waals surface area contributed by atoms with Gasteiger partial charge in [-0.25, -0.2) is 4.40 Å². The van der Waals surface area contributed by atoms with Gasteiger partial charge in [0.15, 0.2) is 11.5 Å². The molecule has 0 bridgehead atoms. The van der Waals surface area contributed by atoms with E-state index in [4.69, 9.17) is 9.47 Å². The van der Waals surface area contributed by atoms with Gasteiger partial charge in [0.1, 0.15) is 11.5 Å². The number of halogens is 2. The van der Waals surface area contributed by atoms with E-state index in [1.165, 1.54) is 12.1 Å². The predicted octanol–water partition coefficient (Wildman–Crippen LogP) is 4.02. The summed E-state index contributed by atoms with van der Waals surface area (Å²) < 4.78 is 42.0. The molecule has 154 valence electrons. The molecule has 9 heteroatoms. The monoisotopic (exact) mass is 412 g/mol. The van der Waals surface area contributed by atoms with Crippen molar-refractivity contribution in [3.05, 3.63) is 66.5 Å². The number of methoxy groups -OCH3 is 1. The zero-order valence-electron chi connectivity index (χ0n) is 16.0. The molecular weight excluding hydrogens is 394 g/mol. The topological polar surface area (TPSA) is 70.8 Å². The SMILES string of the molecule is COc1cccc(CCOc2cncc3nnc(-c4ccc(OC(F)F)cc4)n23)c1. The first-order valence-corrected chi connectivity index (χ1v) is 9.14. The van der Waals surface area contributed by atoms with E-state index in [2.05, 4.69) is 19.9 Å². The van der Waals surface area contributed by atoms with Gasteiger partial charge in [-0.3, -0.25) is 4.98 Å². The average Bonchev–Trinajstić information content (AvgIpc) is 3.19. The fraction of sp³-hybridized carbons (Fsp3) is 0.190. The molecule has 0 spiro atoms. The van der Waals surface area contributed by atoms with Crippen molar-refractivity contribution in [2.75, 3.05) is 13.7 Å². The second-order valence-electron chi connectivity index (χ2n) is 6.32. The molecule has 2 heterocycles. The third kappa shape index (κ3) is 4.29. The molecule has 0 unspecified atom stereocenters. The summed E-state index contributed by atoms with van der Waals surface area (Å²) in [6, 6.07) is 13.9. The van der Waals surface area contributed by atoms with Crippen LogP contribution in [0.3, 0.4) is 0 Å². The second kappa shape index (κ2) is 8.73. The first-order chi connectivity index (χ1) is 14.6. The molecule has 0 saturated heterocycles. The maximum Gasteiger partial charge on any atom is 0.387 e. The number of fused-ring (bicyclic) bond motifs is 1. The smallest absolute Gasteiger partial charge is 0.387 e. The van der Waals surface area contributed by atoms with E-state index in [0.29, 0.717) is 35.9 Å². The van der Waals surface area contributed by atoms with Crippen LogP contribution in [0.5, 0.6) is 17.4 Å². The van der Waals surface area contributed by atoms with Gasteiger partial charge in [-0.05, 0) is 42.0 Å². The van der Waals surface area contributed by atoms with Gasteiger partial charge in [-0.1, -0.05) is 12.1 Å². The zero-order valence-corrected chi connectivity index (χ0v) is 16.0. The van der Waals surface area contributed by atoms with Gasteiger partial charge in [0, 0.05) is 12.0 Å². The number of hydrogen-bond acceptors (Lipinski definition) is 6. The summed E-state index contributed by atoms with van der Waals surface area (Å²) in [6.07, 6.45) is 3.82. The maximum atomic E-state index is 12.4. The third-order valence-corrected chi connectivity index (χ3v) is 4.40. The van der Waals surface area contributed by atoms with Gasteiger partial charge in [-0.15, -0.1) is 10.2 Å². The summed E-state index contributed by atoms with van der Waals surface area (Å²) in [5, 5.41) is 8.31. The Morgan fingerprint density at radius 2 is 1.83 bits per heavy atom. The van der Waals surface area contributed by atoms with Crippen molar-refractivity contribution in [2.24, 2.45) is 0 Å². The van der Waals surface area contributed by atoms with Gasteiger partial charge in [0.25, 0.3) is 0 Å². The van der Waals surface area contributed by atoms with Gasteiger partial charge < -0.3 is 14.2 Å². The van der Waals surface area contributed by atoms with E-state index < -0.39 is 6.61 Å². The normalized spacial score (nSPS) is 11.1. The van der Waals surface area contributed by atoms with E-state index in [9.17, 15) is 8.78 Å². The van der Waals surface area contributed by atoms with E-state index in [0.717, 1.165) is 11.3 Å². The molecule has 0 aliphatic carbocycles. The molecule has 0 amide bonds. The molecule has 0 aliphatic rings. The van der Waals surface area contributed by atoms with Gasteiger partial charge >= 0.3 is 6.61 Å². The fourth-order valence-electron chi connectivity index (χ4n) is 3.00. The Labute approximate surface area is 170 Å². The van der Waals surface area contributed by atoms with Crippen molar-refractivity contribution in [3.8, 4) is 28.8 Å². The van der Waals surface area contributed by atoms with Crippen LogP contribution in [0.2, 0.25) is 0 Å². The minimum Gasteiger partial charge on any atom is -0.497 e. The van der Waals surface area contributed by atoms with Crippen molar-refractivity contribution >= 4 is 5.65 Å². The lowest BCUT2D eigenvalue weighted by Gasteiger charge is -2.10. The molecule has 0 atom stereocenters. The van der Waals surface area contributed by atoms with Crippen LogP contribution in [0, 0.1) is 0 Å². The highest BCUT2D eigenvalue weighted by Gasteiger charge is 2.14. The first-order valence-electron chi connectivity index (χ1n) is 9.14. The molecule has 0 fully saturated rings. The molecule has 0 saturated carbocycles. The van der Waals surface area contributed by atoms with Crippen molar-refractivity contribution in [1.29, 1.82) is 0 Å². The molecule has 2 aromatic carbocycles. The van der Waals surface area contributed by atoms with E-state index >= 15 is 0 Å². The van der Waals surface area contributed by atoms with E-state index in [1.54, 1.807) is 36.0 Å². The first kappa shape index (κ1) is 19.6. The Kier molecular flexibility index (Phi) is 5.69. The summed E-state index contributed by atoms with van der Waals surface area (Å²) in [4.78, 5) is 4.15. The lowest BCUT2D eigenvalue weighted by Crippen LogP contribution is -2.06. The Balaban J connectivity index is 1.55. The summed E-state index contributed by atoms with van der Waals surface area (Å²) in [5.74, 6) is 1.84. The van der Waals surface area contributed by atoms with E-state index in [1.807, 2.05) is 24.3 Å². The van der Waals surface area contributed by atoms with Crippen LogP contribution in [0.25, 0.3) is 17.0 Å². The Bertz CT molecular complexity index is 1130. The number of benzene rings is 2. The van der Waals surface area contributed by atoms with Crippen LogP contribution in [0.15, 0.2) is 60.9 Å². The Morgan fingerprint density at radius 1 is 1.00 bits per heavy atom. The highest BCUT2D eigenvalue weighted by molar-refractivity contribution is 5.61. The maximum absolute atomic E-state index is 12.4. The van der Waals surface area contributed by atoms with Crippen LogP contribution in [0.4, 0.5) is 8.78 Å². The van der Waals surface area contributed by atoms with Gasteiger partial charge in [-0.2, -0.15) is 8.78 Å². The molecular formula is C21H18F2N4O3. The lowest BCUT2D eigenvalue weighted by atomic mass is 10.1. The molecule has 4 rings (SSSR count). The summed E-state index contributed by atoms with van der Waals surface area (Å²) in [7, 11) is 1.63. The summed E-state index contributed by atoms with van der Waals surface area (Å²) in [6.45, 7) is -2.47. The largest absolute Gasteiger partial charge is 0.497 e. The summed E-state index contributed by atoms with van der Waals surface area (Å²) in [5.41, 5.74) is 2.26. The second-order valence-corrected chi connectivity index (χ2v) is 6.32. The Morgan fingerprint density at radius 3 is 2.60 bits per heavy atom. The zero-order chi connectivity index (χ0) is 20.9. The molecule has 7 nitrogen and oxygen atoms in total. The lowest BCUT2D eigenvalue weighted by molar-refractivity contribution is -0.0498. The minimum absolute atomic E-state index is 0.0685. The Hall–Kier alpha value is -3.75. The van der Waals surface area contributed by atoms with Crippen LogP contribution in [-0.4, -0.2) is 39.9 Å². The summed E-state index contributed by atoms with van der Waals surface area (Å²) >= 11 is 0. The molecule has 2 aromatic heterocycles. The molecule has 30 heavy (non-hydrogen) atoms. The van der Waals surface area contributed by atoms with Gasteiger partial charge in [0.2, 0.25) is 5.88 Å². The van der Waals surface area contributed by atoms with Crippen molar-refractivity contribution < 1.29 is 23.0 Å². The number of rotatable bonds is 8. The van der Waals surface area contributed by atoms with Gasteiger partial charge in [0.05, 0.1) is 26.1 Å². The van der Waals surface area contributed by atoms with E-state index in [-0.39, 0.29) is 5.75 Å².